The molecule has 0 saturated carbocycles. The van der Waals surface area contributed by atoms with Gasteiger partial charge in [0.05, 0.1) is 5.60 Å². The van der Waals surface area contributed by atoms with Crippen molar-refractivity contribution in [1.29, 1.82) is 0 Å². The number of rotatable bonds is 3. The van der Waals surface area contributed by atoms with Gasteiger partial charge >= 0.3 is 0 Å². The molecule has 1 aromatic carbocycles. The Labute approximate surface area is 94.3 Å². The van der Waals surface area contributed by atoms with Gasteiger partial charge in [0.2, 0.25) is 0 Å². The van der Waals surface area contributed by atoms with E-state index in [1.54, 1.807) is 20.8 Å². The number of hydrogen-bond acceptors (Lipinski definition) is 2. The maximum absolute atomic E-state index is 13.0. The molecule has 0 fully saturated rings. The van der Waals surface area contributed by atoms with E-state index in [1.165, 1.54) is 18.2 Å². The van der Waals surface area contributed by atoms with E-state index in [2.05, 4.69) is 5.32 Å². The fourth-order valence-electron chi connectivity index (χ4n) is 1.18. The van der Waals surface area contributed by atoms with E-state index in [0.29, 0.717) is 11.1 Å². The molecule has 0 aliphatic carbocycles. The lowest BCUT2D eigenvalue weighted by Crippen LogP contribution is -2.38. The van der Waals surface area contributed by atoms with Crippen molar-refractivity contribution in [3.63, 3.8) is 0 Å². The van der Waals surface area contributed by atoms with Crippen LogP contribution in [0.25, 0.3) is 0 Å². The molecule has 2 N–H and O–H groups in total. The second-order valence-electron chi connectivity index (χ2n) is 4.46. The van der Waals surface area contributed by atoms with Crippen LogP contribution in [-0.4, -0.2) is 23.2 Å². The lowest BCUT2D eigenvalue weighted by atomic mass is 10.1. The first-order chi connectivity index (χ1) is 7.29. The predicted octanol–water partition coefficient (Wildman–Crippen LogP) is 1.63. The summed E-state index contributed by atoms with van der Waals surface area (Å²) in [5.74, 6) is -0.649. The third kappa shape index (κ3) is 3.62. The van der Waals surface area contributed by atoms with Crippen molar-refractivity contribution in [2.75, 3.05) is 6.54 Å². The van der Waals surface area contributed by atoms with Gasteiger partial charge in [0.25, 0.3) is 5.91 Å². The standard InChI is InChI=1S/C12H16FNO2/c1-8-6-9(4-5-10(8)13)11(15)14-7-12(2,3)16/h4-6,16H,7H2,1-3H3,(H,14,15). The van der Waals surface area contributed by atoms with Crippen LogP contribution in [0.4, 0.5) is 4.39 Å². The lowest BCUT2D eigenvalue weighted by molar-refractivity contribution is 0.0694. The van der Waals surface area contributed by atoms with Crippen molar-refractivity contribution in [2.24, 2.45) is 0 Å². The molecule has 0 atom stereocenters. The number of amides is 1. The van der Waals surface area contributed by atoms with Crippen molar-refractivity contribution < 1.29 is 14.3 Å². The molecule has 3 nitrogen and oxygen atoms in total. The summed E-state index contributed by atoms with van der Waals surface area (Å²) in [5.41, 5.74) is -0.135. The molecule has 0 heterocycles. The second kappa shape index (κ2) is 4.61. The first-order valence-corrected chi connectivity index (χ1v) is 5.06. The van der Waals surface area contributed by atoms with Gasteiger partial charge < -0.3 is 10.4 Å². The third-order valence-electron chi connectivity index (χ3n) is 2.10. The van der Waals surface area contributed by atoms with E-state index in [0.717, 1.165) is 0 Å². The van der Waals surface area contributed by atoms with Gasteiger partial charge in [-0.2, -0.15) is 0 Å². The van der Waals surface area contributed by atoms with Crippen LogP contribution in [0.15, 0.2) is 18.2 Å². The Morgan fingerprint density at radius 2 is 2.12 bits per heavy atom. The first kappa shape index (κ1) is 12.6. The zero-order valence-electron chi connectivity index (χ0n) is 9.67. The van der Waals surface area contributed by atoms with Gasteiger partial charge in [-0.15, -0.1) is 0 Å². The normalized spacial score (nSPS) is 11.3. The summed E-state index contributed by atoms with van der Waals surface area (Å²) >= 11 is 0. The Morgan fingerprint density at radius 1 is 1.50 bits per heavy atom. The number of carbonyl (C=O) groups excluding carboxylic acids is 1. The molecule has 88 valence electrons. The van der Waals surface area contributed by atoms with E-state index < -0.39 is 5.60 Å². The van der Waals surface area contributed by atoms with Crippen LogP contribution in [0.3, 0.4) is 0 Å². The Bertz CT molecular complexity index is 396. The molecule has 0 aromatic heterocycles. The summed E-state index contributed by atoms with van der Waals surface area (Å²) in [6.45, 7) is 4.96. The number of aliphatic hydroxyl groups is 1. The monoisotopic (exact) mass is 225 g/mol. The van der Waals surface area contributed by atoms with Crippen LogP contribution in [0.1, 0.15) is 29.8 Å². The predicted molar refractivity (Wildman–Crippen MR) is 59.8 cm³/mol. The summed E-state index contributed by atoms with van der Waals surface area (Å²) < 4.78 is 13.0. The molecule has 0 unspecified atom stereocenters. The Hall–Kier alpha value is -1.42. The number of hydrogen-bond donors (Lipinski definition) is 2. The van der Waals surface area contributed by atoms with Gasteiger partial charge in [-0.05, 0) is 44.5 Å². The minimum Gasteiger partial charge on any atom is -0.389 e. The minimum absolute atomic E-state index is 0.155. The van der Waals surface area contributed by atoms with Crippen LogP contribution < -0.4 is 5.32 Å². The van der Waals surface area contributed by atoms with Crippen LogP contribution >= 0.6 is 0 Å². The van der Waals surface area contributed by atoms with Gasteiger partial charge in [0.1, 0.15) is 5.82 Å². The molecular formula is C12H16FNO2. The molecule has 16 heavy (non-hydrogen) atoms. The highest BCUT2D eigenvalue weighted by Gasteiger charge is 2.15. The van der Waals surface area contributed by atoms with Crippen molar-refractivity contribution >= 4 is 5.91 Å². The second-order valence-corrected chi connectivity index (χ2v) is 4.46. The lowest BCUT2D eigenvalue weighted by Gasteiger charge is -2.17. The molecule has 0 radical (unpaired) electrons. The number of carbonyl (C=O) groups is 1. The van der Waals surface area contributed by atoms with Crippen molar-refractivity contribution in [3.8, 4) is 0 Å². The van der Waals surface area contributed by atoms with E-state index in [9.17, 15) is 14.3 Å². The number of halogens is 1. The Kier molecular flexibility index (Phi) is 3.65. The Balaban J connectivity index is 2.70. The summed E-state index contributed by atoms with van der Waals surface area (Å²) in [7, 11) is 0. The summed E-state index contributed by atoms with van der Waals surface area (Å²) in [5, 5.41) is 12.0. The van der Waals surface area contributed by atoms with Crippen LogP contribution in [0.5, 0.6) is 0 Å². The highest BCUT2D eigenvalue weighted by Crippen LogP contribution is 2.09. The van der Waals surface area contributed by atoms with E-state index in [1.807, 2.05) is 0 Å². The summed E-state index contributed by atoms with van der Waals surface area (Å²) in [4.78, 5) is 11.6. The fraction of sp³-hybridized carbons (Fsp3) is 0.417. The van der Waals surface area contributed by atoms with Crippen molar-refractivity contribution in [1.82, 2.24) is 5.32 Å². The first-order valence-electron chi connectivity index (χ1n) is 5.06. The number of benzene rings is 1. The van der Waals surface area contributed by atoms with Gasteiger partial charge in [-0.25, -0.2) is 4.39 Å². The molecule has 4 heteroatoms. The maximum atomic E-state index is 13.0. The summed E-state index contributed by atoms with van der Waals surface area (Å²) in [6.07, 6.45) is 0. The molecule has 0 aliphatic rings. The average Bonchev–Trinajstić information content (AvgIpc) is 2.17. The smallest absolute Gasteiger partial charge is 0.251 e. The molecule has 1 rings (SSSR count). The van der Waals surface area contributed by atoms with Gasteiger partial charge in [-0.1, -0.05) is 0 Å². The van der Waals surface area contributed by atoms with E-state index >= 15 is 0 Å². The number of aryl methyl sites for hydroxylation is 1. The number of nitrogens with one attached hydrogen (secondary N) is 1. The zero-order valence-corrected chi connectivity index (χ0v) is 9.67. The molecule has 0 spiro atoms. The maximum Gasteiger partial charge on any atom is 0.251 e. The molecule has 1 aromatic rings. The average molecular weight is 225 g/mol. The van der Waals surface area contributed by atoms with Gasteiger partial charge in [0, 0.05) is 12.1 Å². The van der Waals surface area contributed by atoms with Crippen molar-refractivity contribution in [3.05, 3.63) is 35.1 Å². The van der Waals surface area contributed by atoms with E-state index in [4.69, 9.17) is 0 Å². The topological polar surface area (TPSA) is 49.3 Å². The minimum atomic E-state index is -0.954. The molecule has 0 aliphatic heterocycles. The largest absolute Gasteiger partial charge is 0.389 e. The highest BCUT2D eigenvalue weighted by molar-refractivity contribution is 5.94. The van der Waals surface area contributed by atoms with Gasteiger partial charge in [-0.3, -0.25) is 4.79 Å². The molecular weight excluding hydrogens is 209 g/mol. The zero-order chi connectivity index (χ0) is 12.3. The highest BCUT2D eigenvalue weighted by atomic mass is 19.1. The quantitative estimate of drug-likeness (QED) is 0.821. The Morgan fingerprint density at radius 3 is 2.62 bits per heavy atom. The van der Waals surface area contributed by atoms with E-state index in [-0.39, 0.29) is 18.3 Å². The van der Waals surface area contributed by atoms with Crippen LogP contribution in [0.2, 0.25) is 0 Å². The van der Waals surface area contributed by atoms with Gasteiger partial charge in [0.15, 0.2) is 0 Å². The SMILES string of the molecule is Cc1cc(C(=O)NCC(C)(C)O)ccc1F. The molecule has 1 amide bonds. The third-order valence-corrected chi connectivity index (χ3v) is 2.10. The van der Waals surface area contributed by atoms with Crippen molar-refractivity contribution in [2.45, 2.75) is 26.4 Å². The molecule has 0 saturated heterocycles. The fourth-order valence-corrected chi connectivity index (χ4v) is 1.18. The molecule has 0 bridgehead atoms. The summed E-state index contributed by atoms with van der Waals surface area (Å²) in [6, 6.07) is 4.16. The van der Waals surface area contributed by atoms with Crippen LogP contribution in [0, 0.1) is 12.7 Å². The van der Waals surface area contributed by atoms with Crippen LogP contribution in [-0.2, 0) is 0 Å².